The van der Waals surface area contributed by atoms with Crippen LogP contribution in [0.1, 0.15) is 23.2 Å². The number of hydrogen-bond donors (Lipinski definition) is 2. The lowest BCUT2D eigenvalue weighted by Gasteiger charge is -2.16. The maximum absolute atomic E-state index is 13.7. The number of ether oxygens (including phenoxy) is 2. The summed E-state index contributed by atoms with van der Waals surface area (Å²) in [7, 11) is 2.80. The molecule has 0 aliphatic rings. The lowest BCUT2D eigenvalue weighted by atomic mass is 10.1. The van der Waals surface area contributed by atoms with E-state index >= 15 is 0 Å². The van der Waals surface area contributed by atoms with Crippen molar-refractivity contribution in [3.8, 4) is 5.75 Å². The first kappa shape index (κ1) is 16.9. The summed E-state index contributed by atoms with van der Waals surface area (Å²) in [4.78, 5) is 23.2. The van der Waals surface area contributed by atoms with Gasteiger partial charge >= 0.3 is 5.97 Å². The molecule has 0 radical (unpaired) electrons. The topological polar surface area (TPSA) is 84.9 Å². The number of carboxylic acids is 1. The molecule has 2 N–H and O–H groups in total. The Balaban J connectivity index is 2.85. The number of aliphatic carboxylic acids is 1. The molecule has 1 amide bonds. The van der Waals surface area contributed by atoms with E-state index in [1.54, 1.807) is 0 Å². The predicted octanol–water partition coefficient (Wildman–Crippen LogP) is 1.44. The van der Waals surface area contributed by atoms with E-state index < -0.39 is 23.7 Å². The molecule has 1 aromatic carbocycles. The third-order valence-electron chi connectivity index (χ3n) is 2.87. The number of benzene rings is 1. The Morgan fingerprint density at radius 3 is 2.67 bits per heavy atom. The highest BCUT2D eigenvalue weighted by molar-refractivity contribution is 5.99. The maximum Gasteiger partial charge on any atom is 0.326 e. The molecule has 0 heterocycles. The molecule has 6 nitrogen and oxygen atoms in total. The minimum Gasteiger partial charge on any atom is -0.496 e. The SMILES string of the molecule is COCCCC(NC(=O)c1c(F)cccc1OC)C(=O)O. The summed E-state index contributed by atoms with van der Waals surface area (Å²) in [5.74, 6) is -2.73. The molecule has 0 fully saturated rings. The van der Waals surface area contributed by atoms with Crippen LogP contribution in [0.3, 0.4) is 0 Å². The second-order valence-corrected chi connectivity index (χ2v) is 4.32. The third-order valence-corrected chi connectivity index (χ3v) is 2.87. The number of carbonyl (C=O) groups is 2. The summed E-state index contributed by atoms with van der Waals surface area (Å²) < 4.78 is 23.5. The van der Waals surface area contributed by atoms with Gasteiger partial charge in [-0.2, -0.15) is 0 Å². The largest absolute Gasteiger partial charge is 0.496 e. The zero-order chi connectivity index (χ0) is 15.8. The van der Waals surface area contributed by atoms with E-state index in [0.29, 0.717) is 13.0 Å². The van der Waals surface area contributed by atoms with Gasteiger partial charge in [0.25, 0.3) is 5.91 Å². The van der Waals surface area contributed by atoms with Crippen molar-refractivity contribution in [2.75, 3.05) is 20.8 Å². The minimum absolute atomic E-state index is 0.0496. The minimum atomic E-state index is -1.19. The van der Waals surface area contributed by atoms with Gasteiger partial charge in [-0.15, -0.1) is 0 Å². The summed E-state index contributed by atoms with van der Waals surface area (Å²) in [6.07, 6.45) is 0.647. The van der Waals surface area contributed by atoms with Crippen molar-refractivity contribution in [1.29, 1.82) is 0 Å². The van der Waals surface area contributed by atoms with Gasteiger partial charge in [-0.25, -0.2) is 9.18 Å². The van der Waals surface area contributed by atoms with Crippen LogP contribution in [0.4, 0.5) is 4.39 Å². The van der Waals surface area contributed by atoms with Crippen molar-refractivity contribution >= 4 is 11.9 Å². The molecule has 116 valence electrons. The quantitative estimate of drug-likeness (QED) is 0.710. The van der Waals surface area contributed by atoms with Crippen LogP contribution in [0.2, 0.25) is 0 Å². The van der Waals surface area contributed by atoms with Gasteiger partial charge in [-0.1, -0.05) is 6.07 Å². The van der Waals surface area contributed by atoms with Crippen LogP contribution in [0.25, 0.3) is 0 Å². The van der Waals surface area contributed by atoms with Crippen molar-refractivity contribution in [3.63, 3.8) is 0 Å². The van der Waals surface area contributed by atoms with Gasteiger partial charge in [0.15, 0.2) is 0 Å². The molecule has 1 unspecified atom stereocenters. The second-order valence-electron chi connectivity index (χ2n) is 4.32. The van der Waals surface area contributed by atoms with Gasteiger partial charge in [-0.05, 0) is 25.0 Å². The van der Waals surface area contributed by atoms with Gasteiger partial charge < -0.3 is 19.9 Å². The molecule has 7 heteroatoms. The van der Waals surface area contributed by atoms with Crippen LogP contribution in [0, 0.1) is 5.82 Å². The van der Waals surface area contributed by atoms with E-state index in [0.717, 1.165) is 6.07 Å². The molecule has 0 saturated carbocycles. The summed E-state index contributed by atoms with van der Waals surface area (Å²) in [5.41, 5.74) is -0.307. The highest BCUT2D eigenvalue weighted by Gasteiger charge is 2.24. The molecular formula is C14H18FNO5. The van der Waals surface area contributed by atoms with E-state index in [2.05, 4.69) is 5.32 Å². The van der Waals surface area contributed by atoms with Crippen molar-refractivity contribution in [3.05, 3.63) is 29.6 Å². The lowest BCUT2D eigenvalue weighted by Crippen LogP contribution is -2.41. The highest BCUT2D eigenvalue weighted by atomic mass is 19.1. The number of rotatable bonds is 8. The molecule has 0 spiro atoms. The first-order chi connectivity index (χ1) is 10.0. The fraction of sp³-hybridized carbons (Fsp3) is 0.429. The van der Waals surface area contributed by atoms with Gasteiger partial charge in [0, 0.05) is 13.7 Å². The van der Waals surface area contributed by atoms with E-state index in [-0.39, 0.29) is 17.7 Å². The fourth-order valence-electron chi connectivity index (χ4n) is 1.81. The van der Waals surface area contributed by atoms with Gasteiger partial charge in [0.05, 0.1) is 7.11 Å². The van der Waals surface area contributed by atoms with Crippen molar-refractivity contribution in [2.45, 2.75) is 18.9 Å². The Morgan fingerprint density at radius 1 is 1.38 bits per heavy atom. The lowest BCUT2D eigenvalue weighted by molar-refractivity contribution is -0.139. The summed E-state index contributed by atoms with van der Waals surface area (Å²) >= 11 is 0. The van der Waals surface area contributed by atoms with Gasteiger partial charge in [0.1, 0.15) is 23.2 Å². The summed E-state index contributed by atoms with van der Waals surface area (Å²) in [6.45, 7) is 0.378. The van der Waals surface area contributed by atoms with Crippen LogP contribution in [-0.2, 0) is 9.53 Å². The average Bonchev–Trinajstić information content (AvgIpc) is 2.45. The Labute approximate surface area is 121 Å². The number of amides is 1. The Kier molecular flexibility index (Phi) is 6.61. The van der Waals surface area contributed by atoms with Crippen molar-refractivity contribution in [2.24, 2.45) is 0 Å². The molecule has 1 aromatic rings. The molecule has 0 bridgehead atoms. The second kappa shape index (κ2) is 8.21. The average molecular weight is 299 g/mol. The Bertz CT molecular complexity index is 506. The van der Waals surface area contributed by atoms with E-state index in [1.807, 2.05) is 0 Å². The van der Waals surface area contributed by atoms with Crippen LogP contribution in [0.15, 0.2) is 18.2 Å². The number of methoxy groups -OCH3 is 2. The zero-order valence-electron chi connectivity index (χ0n) is 11.9. The number of halogens is 1. The molecule has 21 heavy (non-hydrogen) atoms. The van der Waals surface area contributed by atoms with Gasteiger partial charge in [-0.3, -0.25) is 4.79 Å². The Morgan fingerprint density at radius 2 is 2.10 bits per heavy atom. The molecular weight excluding hydrogens is 281 g/mol. The molecule has 0 aliphatic heterocycles. The molecule has 0 aromatic heterocycles. The predicted molar refractivity (Wildman–Crippen MR) is 73.0 cm³/mol. The molecule has 0 saturated heterocycles. The number of nitrogens with one attached hydrogen (secondary N) is 1. The molecule has 1 rings (SSSR count). The smallest absolute Gasteiger partial charge is 0.326 e. The number of carbonyl (C=O) groups excluding carboxylic acids is 1. The Hall–Kier alpha value is -2.15. The normalized spacial score (nSPS) is 11.8. The van der Waals surface area contributed by atoms with Crippen molar-refractivity contribution in [1.82, 2.24) is 5.32 Å². The molecule has 0 aliphatic carbocycles. The zero-order valence-corrected chi connectivity index (χ0v) is 11.9. The fourth-order valence-corrected chi connectivity index (χ4v) is 1.81. The number of hydrogen-bond acceptors (Lipinski definition) is 4. The van der Waals surface area contributed by atoms with Crippen molar-refractivity contribution < 1.29 is 28.6 Å². The van der Waals surface area contributed by atoms with E-state index in [9.17, 15) is 14.0 Å². The van der Waals surface area contributed by atoms with E-state index in [4.69, 9.17) is 14.6 Å². The molecule has 1 atom stereocenters. The van der Waals surface area contributed by atoms with Crippen LogP contribution in [0.5, 0.6) is 5.75 Å². The summed E-state index contributed by atoms with van der Waals surface area (Å²) in [6, 6.07) is 2.83. The van der Waals surface area contributed by atoms with Crippen LogP contribution >= 0.6 is 0 Å². The standard InChI is InChI=1S/C14H18FNO5/c1-20-8-4-6-10(14(18)19)16-13(17)12-9(15)5-3-7-11(12)21-2/h3,5,7,10H,4,6,8H2,1-2H3,(H,16,17)(H,18,19). The third kappa shape index (κ3) is 4.71. The van der Waals surface area contributed by atoms with E-state index in [1.165, 1.54) is 26.4 Å². The first-order valence-corrected chi connectivity index (χ1v) is 6.36. The maximum atomic E-state index is 13.7. The van der Waals surface area contributed by atoms with Gasteiger partial charge in [0.2, 0.25) is 0 Å². The summed E-state index contributed by atoms with van der Waals surface area (Å²) in [5, 5.41) is 11.4. The van der Waals surface area contributed by atoms with Crippen LogP contribution in [-0.4, -0.2) is 43.9 Å². The van der Waals surface area contributed by atoms with Crippen LogP contribution < -0.4 is 10.1 Å². The monoisotopic (exact) mass is 299 g/mol. The highest BCUT2D eigenvalue weighted by Crippen LogP contribution is 2.21. The first-order valence-electron chi connectivity index (χ1n) is 6.36. The number of carboxylic acid groups (broad SMARTS) is 1.